The van der Waals surface area contributed by atoms with Crippen LogP contribution in [-0.4, -0.2) is 23.8 Å². The van der Waals surface area contributed by atoms with Gasteiger partial charge in [0.15, 0.2) is 0 Å². The molecule has 150 valence electrons. The molecule has 1 saturated carbocycles. The van der Waals surface area contributed by atoms with Crippen molar-refractivity contribution >= 4 is 49.6 Å². The third-order valence-electron chi connectivity index (χ3n) is 4.83. The first-order valence-corrected chi connectivity index (χ1v) is 11.3. The van der Waals surface area contributed by atoms with Crippen molar-refractivity contribution in [3.8, 4) is 0 Å². The number of nitrogen functional groups attached to an aromatic ring is 1. The number of rotatable bonds is 6. The minimum atomic E-state index is -0.197. The molecule has 0 saturated heterocycles. The Morgan fingerprint density at radius 2 is 1.93 bits per heavy atom. The molecule has 28 heavy (non-hydrogen) atoms. The zero-order valence-corrected chi connectivity index (χ0v) is 18.6. The van der Waals surface area contributed by atoms with Crippen molar-refractivity contribution in [3.63, 3.8) is 0 Å². The average Bonchev–Trinajstić information content (AvgIpc) is 2.97. The number of nitrogens with two attached hydrogens (primary N) is 1. The number of carbonyl (C=O) groups excluding carboxylic acids is 2. The second kappa shape index (κ2) is 9.09. The third kappa shape index (κ3) is 4.75. The lowest BCUT2D eigenvalue weighted by Gasteiger charge is -2.23. The molecule has 4 N–H and O–H groups in total. The van der Waals surface area contributed by atoms with Gasteiger partial charge in [-0.25, -0.2) is 0 Å². The zero-order chi connectivity index (χ0) is 20.3. The Labute approximate surface area is 178 Å². The van der Waals surface area contributed by atoms with Crippen LogP contribution < -0.4 is 16.4 Å². The smallest absolute Gasteiger partial charge is 0.256 e. The molecule has 1 aliphatic rings. The highest BCUT2D eigenvalue weighted by molar-refractivity contribution is 9.10. The molecule has 7 heteroatoms. The molecular formula is C21H26BrN3O2S. The normalized spacial score (nSPS) is 14.9. The number of ketones is 1. The van der Waals surface area contributed by atoms with Crippen molar-refractivity contribution in [1.29, 1.82) is 0 Å². The quantitative estimate of drug-likeness (QED) is 0.513. The van der Waals surface area contributed by atoms with Crippen LogP contribution in [0.15, 0.2) is 28.7 Å². The summed E-state index contributed by atoms with van der Waals surface area (Å²) in [7, 11) is 0. The van der Waals surface area contributed by atoms with Crippen LogP contribution in [0, 0.1) is 0 Å². The molecule has 5 nitrogen and oxygen atoms in total. The van der Waals surface area contributed by atoms with E-state index in [-0.39, 0.29) is 29.5 Å². The topological polar surface area (TPSA) is 84.2 Å². The second-order valence-corrected chi connectivity index (χ2v) is 9.43. The van der Waals surface area contributed by atoms with E-state index in [0.29, 0.717) is 21.0 Å². The number of anilines is 2. The van der Waals surface area contributed by atoms with E-state index in [1.54, 1.807) is 12.1 Å². The Morgan fingerprint density at radius 1 is 1.21 bits per heavy atom. The maximum Gasteiger partial charge on any atom is 0.256 e. The van der Waals surface area contributed by atoms with Crippen LogP contribution in [0.5, 0.6) is 0 Å². The zero-order valence-electron chi connectivity index (χ0n) is 16.2. The summed E-state index contributed by atoms with van der Waals surface area (Å²) in [5, 5.41) is 7.06. The maximum absolute atomic E-state index is 13.0. The standard InChI is InChI=1S/C21H26BrN3O2S/c1-12(2)24-21-16(20(27)25-15-9-4-3-5-10-15)17(23)19(28-21)18(26)13-7-6-8-14(22)11-13/h6-8,11-12,15,24H,3-5,9-10,23H2,1-2H3,(H,25,27). The van der Waals surface area contributed by atoms with Gasteiger partial charge in [0.1, 0.15) is 9.88 Å². The van der Waals surface area contributed by atoms with Crippen LogP contribution in [0.4, 0.5) is 10.7 Å². The highest BCUT2D eigenvalue weighted by Gasteiger charge is 2.28. The van der Waals surface area contributed by atoms with Crippen molar-refractivity contribution in [2.45, 2.75) is 58.0 Å². The fourth-order valence-corrected chi connectivity index (χ4v) is 5.09. The van der Waals surface area contributed by atoms with E-state index in [1.807, 2.05) is 26.0 Å². The van der Waals surface area contributed by atoms with Gasteiger partial charge in [0.05, 0.1) is 11.3 Å². The van der Waals surface area contributed by atoms with Gasteiger partial charge in [0, 0.05) is 22.1 Å². The summed E-state index contributed by atoms with van der Waals surface area (Å²) in [6.45, 7) is 3.99. The number of benzene rings is 1. The lowest BCUT2D eigenvalue weighted by atomic mass is 9.95. The van der Waals surface area contributed by atoms with Gasteiger partial charge in [-0.2, -0.15) is 0 Å². The molecule has 1 aromatic carbocycles. The number of hydrogen-bond donors (Lipinski definition) is 3. The Kier molecular flexibility index (Phi) is 6.78. The molecule has 0 radical (unpaired) electrons. The molecule has 1 aromatic heterocycles. The van der Waals surface area contributed by atoms with Crippen LogP contribution >= 0.6 is 27.3 Å². The second-order valence-electron chi connectivity index (χ2n) is 7.50. The molecule has 1 aliphatic carbocycles. The van der Waals surface area contributed by atoms with Gasteiger partial charge < -0.3 is 16.4 Å². The first kappa shape index (κ1) is 20.9. The van der Waals surface area contributed by atoms with Gasteiger partial charge in [0.2, 0.25) is 5.78 Å². The first-order valence-electron chi connectivity index (χ1n) is 9.66. The van der Waals surface area contributed by atoms with E-state index < -0.39 is 0 Å². The van der Waals surface area contributed by atoms with Crippen molar-refractivity contribution in [2.24, 2.45) is 0 Å². The van der Waals surface area contributed by atoms with Crippen LogP contribution in [0.25, 0.3) is 0 Å². The van der Waals surface area contributed by atoms with Gasteiger partial charge in [-0.3, -0.25) is 9.59 Å². The van der Waals surface area contributed by atoms with E-state index in [0.717, 1.165) is 30.2 Å². The fraction of sp³-hybridized carbons (Fsp3) is 0.429. The number of amides is 1. The number of nitrogens with one attached hydrogen (secondary N) is 2. The van der Waals surface area contributed by atoms with Crippen LogP contribution in [-0.2, 0) is 0 Å². The number of halogens is 1. The minimum Gasteiger partial charge on any atom is -0.397 e. The number of hydrogen-bond acceptors (Lipinski definition) is 5. The molecule has 3 rings (SSSR count). The van der Waals surface area contributed by atoms with E-state index in [2.05, 4.69) is 26.6 Å². The molecule has 0 aliphatic heterocycles. The number of thiophene rings is 1. The molecule has 2 aromatic rings. The summed E-state index contributed by atoms with van der Waals surface area (Å²) in [5.74, 6) is -0.371. The fourth-order valence-electron chi connectivity index (χ4n) is 3.47. The summed E-state index contributed by atoms with van der Waals surface area (Å²) >= 11 is 4.65. The Balaban J connectivity index is 1.94. The summed E-state index contributed by atoms with van der Waals surface area (Å²) in [5.41, 5.74) is 7.53. The van der Waals surface area contributed by atoms with Gasteiger partial charge >= 0.3 is 0 Å². The third-order valence-corrected chi connectivity index (χ3v) is 6.45. The van der Waals surface area contributed by atoms with Gasteiger partial charge in [-0.1, -0.05) is 47.3 Å². The largest absolute Gasteiger partial charge is 0.397 e. The summed E-state index contributed by atoms with van der Waals surface area (Å²) < 4.78 is 0.823. The van der Waals surface area contributed by atoms with Gasteiger partial charge in [-0.15, -0.1) is 11.3 Å². The minimum absolute atomic E-state index is 0.119. The average molecular weight is 464 g/mol. The Bertz CT molecular complexity index is 873. The molecule has 0 spiro atoms. The van der Waals surface area contributed by atoms with Gasteiger partial charge in [0.25, 0.3) is 5.91 Å². The predicted molar refractivity (Wildman–Crippen MR) is 119 cm³/mol. The summed E-state index contributed by atoms with van der Waals surface area (Å²) in [6, 6.07) is 7.49. The van der Waals surface area contributed by atoms with Crippen LogP contribution in [0.1, 0.15) is 71.5 Å². The van der Waals surface area contributed by atoms with E-state index in [1.165, 1.54) is 17.8 Å². The van der Waals surface area contributed by atoms with E-state index in [4.69, 9.17) is 5.73 Å². The molecule has 0 atom stereocenters. The van der Waals surface area contributed by atoms with Crippen molar-refractivity contribution in [1.82, 2.24) is 5.32 Å². The highest BCUT2D eigenvalue weighted by atomic mass is 79.9. The Morgan fingerprint density at radius 3 is 2.57 bits per heavy atom. The van der Waals surface area contributed by atoms with Crippen LogP contribution in [0.3, 0.4) is 0 Å². The maximum atomic E-state index is 13.0. The molecule has 1 fully saturated rings. The highest BCUT2D eigenvalue weighted by Crippen LogP contribution is 2.38. The molecule has 0 bridgehead atoms. The molecule has 1 heterocycles. The van der Waals surface area contributed by atoms with Crippen molar-refractivity contribution in [3.05, 3.63) is 44.7 Å². The van der Waals surface area contributed by atoms with Crippen molar-refractivity contribution < 1.29 is 9.59 Å². The van der Waals surface area contributed by atoms with E-state index in [9.17, 15) is 9.59 Å². The lowest BCUT2D eigenvalue weighted by Crippen LogP contribution is -2.36. The van der Waals surface area contributed by atoms with Crippen LogP contribution in [0.2, 0.25) is 0 Å². The predicted octanol–water partition coefficient (Wildman–Crippen LogP) is 5.21. The molecular weight excluding hydrogens is 438 g/mol. The Hall–Kier alpha value is -1.86. The summed E-state index contributed by atoms with van der Waals surface area (Å²) in [4.78, 5) is 26.5. The SMILES string of the molecule is CC(C)Nc1sc(C(=O)c2cccc(Br)c2)c(N)c1C(=O)NC1CCCCC1. The van der Waals surface area contributed by atoms with Crippen molar-refractivity contribution in [2.75, 3.05) is 11.1 Å². The first-order chi connectivity index (χ1) is 13.4. The molecule has 0 unspecified atom stereocenters. The van der Waals surface area contributed by atoms with Gasteiger partial charge in [-0.05, 0) is 38.8 Å². The van der Waals surface area contributed by atoms with E-state index >= 15 is 0 Å². The monoisotopic (exact) mass is 463 g/mol. The summed E-state index contributed by atoms with van der Waals surface area (Å²) in [6.07, 6.45) is 5.47. The number of carbonyl (C=O) groups is 2. The molecule has 1 amide bonds. The lowest BCUT2D eigenvalue weighted by molar-refractivity contribution is 0.0929.